The van der Waals surface area contributed by atoms with Crippen molar-refractivity contribution in [3.8, 4) is 0 Å². The molecule has 1 aromatic carbocycles. The summed E-state index contributed by atoms with van der Waals surface area (Å²) in [4.78, 5) is 25.6. The lowest BCUT2D eigenvalue weighted by Crippen LogP contribution is -2.51. The van der Waals surface area contributed by atoms with Crippen LogP contribution in [0.25, 0.3) is 0 Å². The highest BCUT2D eigenvalue weighted by Crippen LogP contribution is 2.12. The number of ether oxygens (including phenoxy) is 1. The zero-order chi connectivity index (χ0) is 14.7. The van der Waals surface area contributed by atoms with Crippen molar-refractivity contribution in [2.24, 2.45) is 0 Å². The Labute approximate surface area is 118 Å². The predicted molar refractivity (Wildman–Crippen MR) is 76.4 cm³/mol. The molecular formula is C15H20N2O3. The van der Waals surface area contributed by atoms with Crippen molar-refractivity contribution in [2.45, 2.75) is 33.0 Å². The maximum Gasteiger partial charge on any atom is 0.313 e. The molecule has 0 bridgehead atoms. The van der Waals surface area contributed by atoms with Crippen LogP contribution in [0, 0.1) is 6.92 Å². The van der Waals surface area contributed by atoms with Crippen LogP contribution in [0.2, 0.25) is 0 Å². The van der Waals surface area contributed by atoms with E-state index >= 15 is 0 Å². The van der Waals surface area contributed by atoms with Crippen molar-refractivity contribution >= 4 is 17.5 Å². The van der Waals surface area contributed by atoms with Gasteiger partial charge in [0.2, 0.25) is 0 Å². The Morgan fingerprint density at radius 1 is 1.15 bits per heavy atom. The zero-order valence-corrected chi connectivity index (χ0v) is 12.1. The summed E-state index contributed by atoms with van der Waals surface area (Å²) in [7, 11) is 0. The van der Waals surface area contributed by atoms with E-state index in [0.29, 0.717) is 18.8 Å². The number of nitrogens with zero attached hydrogens (tertiary/aromatic N) is 1. The number of carbonyl (C=O) groups is 2. The van der Waals surface area contributed by atoms with Crippen LogP contribution >= 0.6 is 0 Å². The molecule has 1 fully saturated rings. The molecule has 0 saturated carbocycles. The maximum atomic E-state index is 12.1. The molecular weight excluding hydrogens is 256 g/mol. The Morgan fingerprint density at radius 2 is 1.70 bits per heavy atom. The first-order chi connectivity index (χ1) is 9.45. The number of aryl methyl sites for hydroxylation is 1. The van der Waals surface area contributed by atoms with Gasteiger partial charge in [-0.25, -0.2) is 0 Å². The first-order valence-corrected chi connectivity index (χ1v) is 6.78. The van der Waals surface area contributed by atoms with Crippen LogP contribution in [-0.2, 0) is 14.3 Å². The summed E-state index contributed by atoms with van der Waals surface area (Å²) in [5, 5.41) is 2.62. The molecule has 2 rings (SSSR count). The molecule has 108 valence electrons. The molecule has 1 aromatic rings. The highest BCUT2D eigenvalue weighted by Gasteiger charge is 2.29. The van der Waals surface area contributed by atoms with E-state index in [2.05, 4.69) is 5.32 Å². The first kappa shape index (κ1) is 14.5. The molecule has 1 heterocycles. The van der Waals surface area contributed by atoms with Gasteiger partial charge < -0.3 is 15.0 Å². The van der Waals surface area contributed by atoms with E-state index < -0.39 is 11.8 Å². The summed E-state index contributed by atoms with van der Waals surface area (Å²) in [5.74, 6) is -1.11. The quantitative estimate of drug-likeness (QED) is 0.792. The van der Waals surface area contributed by atoms with Gasteiger partial charge in [-0.15, -0.1) is 0 Å². The van der Waals surface area contributed by atoms with E-state index in [1.165, 1.54) is 0 Å². The highest BCUT2D eigenvalue weighted by atomic mass is 16.5. The van der Waals surface area contributed by atoms with Crippen LogP contribution in [0.3, 0.4) is 0 Å². The Hall–Kier alpha value is -1.88. The second-order valence-electron chi connectivity index (χ2n) is 5.29. The smallest absolute Gasteiger partial charge is 0.313 e. The van der Waals surface area contributed by atoms with Crippen molar-refractivity contribution in [3.05, 3.63) is 29.8 Å². The monoisotopic (exact) mass is 276 g/mol. The minimum absolute atomic E-state index is 0.0464. The molecule has 5 nitrogen and oxygen atoms in total. The minimum atomic E-state index is -0.602. The van der Waals surface area contributed by atoms with Crippen molar-refractivity contribution in [2.75, 3.05) is 18.4 Å². The summed E-state index contributed by atoms with van der Waals surface area (Å²) < 4.78 is 5.55. The van der Waals surface area contributed by atoms with Gasteiger partial charge in [-0.3, -0.25) is 9.59 Å². The summed E-state index contributed by atoms with van der Waals surface area (Å²) in [6.07, 6.45) is -0.0928. The predicted octanol–water partition coefficient (Wildman–Crippen LogP) is 1.57. The minimum Gasteiger partial charge on any atom is -0.372 e. The average molecular weight is 276 g/mol. The van der Waals surface area contributed by atoms with E-state index in [9.17, 15) is 9.59 Å². The molecule has 1 N–H and O–H groups in total. The van der Waals surface area contributed by atoms with Crippen molar-refractivity contribution in [3.63, 3.8) is 0 Å². The van der Waals surface area contributed by atoms with Gasteiger partial charge in [-0.1, -0.05) is 17.7 Å². The number of amides is 2. The third-order valence-electron chi connectivity index (χ3n) is 3.21. The second-order valence-corrected chi connectivity index (χ2v) is 5.29. The fourth-order valence-electron chi connectivity index (χ4n) is 2.31. The van der Waals surface area contributed by atoms with Gasteiger partial charge in [0.15, 0.2) is 0 Å². The molecule has 0 spiro atoms. The Balaban J connectivity index is 1.98. The van der Waals surface area contributed by atoms with Gasteiger partial charge in [0.05, 0.1) is 12.2 Å². The number of hydrogen-bond acceptors (Lipinski definition) is 3. The van der Waals surface area contributed by atoms with Crippen LogP contribution in [0.4, 0.5) is 5.69 Å². The summed E-state index contributed by atoms with van der Waals surface area (Å²) in [6, 6.07) is 7.34. The molecule has 1 saturated heterocycles. The Kier molecular flexibility index (Phi) is 4.39. The third-order valence-corrected chi connectivity index (χ3v) is 3.21. The Bertz CT molecular complexity index is 488. The Morgan fingerprint density at radius 3 is 2.25 bits per heavy atom. The fourth-order valence-corrected chi connectivity index (χ4v) is 2.31. The van der Waals surface area contributed by atoms with Crippen molar-refractivity contribution in [1.82, 2.24) is 4.90 Å². The van der Waals surface area contributed by atoms with Gasteiger partial charge in [-0.2, -0.15) is 0 Å². The fraction of sp³-hybridized carbons (Fsp3) is 0.467. The highest BCUT2D eigenvalue weighted by molar-refractivity contribution is 6.39. The number of rotatable bonds is 1. The largest absolute Gasteiger partial charge is 0.372 e. The first-order valence-electron chi connectivity index (χ1n) is 6.78. The molecule has 5 heteroatoms. The van der Waals surface area contributed by atoms with Crippen molar-refractivity contribution in [1.29, 1.82) is 0 Å². The van der Waals surface area contributed by atoms with E-state index in [-0.39, 0.29) is 12.2 Å². The topological polar surface area (TPSA) is 58.6 Å². The van der Waals surface area contributed by atoms with Crippen molar-refractivity contribution < 1.29 is 14.3 Å². The van der Waals surface area contributed by atoms with E-state index in [4.69, 9.17) is 4.74 Å². The standard InChI is InChI=1S/C15H20N2O3/c1-10-4-6-13(7-5-10)16-14(18)15(19)17-8-11(2)20-12(3)9-17/h4-7,11-12H,8-9H2,1-3H3,(H,16,18). The molecule has 0 aliphatic carbocycles. The summed E-state index contributed by atoms with van der Waals surface area (Å²) in [5.41, 5.74) is 1.73. The molecule has 2 amide bonds. The van der Waals surface area contributed by atoms with Crippen LogP contribution in [0.1, 0.15) is 19.4 Å². The molecule has 1 aliphatic rings. The van der Waals surface area contributed by atoms with Gasteiger partial charge in [0.1, 0.15) is 0 Å². The van der Waals surface area contributed by atoms with E-state index in [1.807, 2.05) is 32.9 Å². The summed E-state index contributed by atoms with van der Waals surface area (Å²) in [6.45, 7) is 6.66. The molecule has 0 aromatic heterocycles. The SMILES string of the molecule is Cc1ccc(NC(=O)C(=O)N2CC(C)OC(C)C2)cc1. The number of hydrogen-bond donors (Lipinski definition) is 1. The van der Waals surface area contributed by atoms with Gasteiger partial charge >= 0.3 is 11.8 Å². The lowest BCUT2D eigenvalue weighted by atomic mass is 10.2. The maximum absolute atomic E-state index is 12.1. The average Bonchev–Trinajstić information content (AvgIpc) is 2.39. The number of benzene rings is 1. The molecule has 20 heavy (non-hydrogen) atoms. The van der Waals surface area contributed by atoms with E-state index in [0.717, 1.165) is 5.56 Å². The summed E-state index contributed by atoms with van der Waals surface area (Å²) >= 11 is 0. The molecule has 0 radical (unpaired) electrons. The van der Waals surface area contributed by atoms with Gasteiger partial charge in [-0.05, 0) is 32.9 Å². The number of carbonyl (C=O) groups excluding carboxylic acids is 2. The van der Waals surface area contributed by atoms with Crippen LogP contribution < -0.4 is 5.32 Å². The molecule has 2 unspecified atom stereocenters. The normalized spacial score (nSPS) is 22.4. The number of anilines is 1. The lowest BCUT2D eigenvalue weighted by molar-refractivity contribution is -0.151. The lowest BCUT2D eigenvalue weighted by Gasteiger charge is -2.34. The third kappa shape index (κ3) is 3.57. The van der Waals surface area contributed by atoms with Crippen LogP contribution in [0.5, 0.6) is 0 Å². The van der Waals surface area contributed by atoms with Gasteiger partial charge in [0.25, 0.3) is 0 Å². The van der Waals surface area contributed by atoms with E-state index in [1.54, 1.807) is 17.0 Å². The second kappa shape index (κ2) is 6.05. The van der Waals surface area contributed by atoms with Crippen LogP contribution in [0.15, 0.2) is 24.3 Å². The molecule has 1 aliphatic heterocycles. The number of morpholine rings is 1. The van der Waals surface area contributed by atoms with Gasteiger partial charge in [0, 0.05) is 18.8 Å². The zero-order valence-electron chi connectivity index (χ0n) is 12.1. The molecule has 2 atom stereocenters. The van der Waals surface area contributed by atoms with Crippen LogP contribution in [-0.4, -0.2) is 42.0 Å². The number of nitrogens with one attached hydrogen (secondary N) is 1.